The second-order valence-electron chi connectivity index (χ2n) is 3.37. The van der Waals surface area contributed by atoms with E-state index in [2.05, 4.69) is 6.92 Å². The highest BCUT2D eigenvalue weighted by atomic mass is 16.6. The van der Waals surface area contributed by atoms with E-state index < -0.39 is 6.29 Å². The molecule has 0 aromatic heterocycles. The van der Waals surface area contributed by atoms with Crippen LogP contribution in [0.3, 0.4) is 0 Å². The first-order chi connectivity index (χ1) is 6.76. The molecule has 0 aliphatic carbocycles. The molecule has 1 rings (SSSR count). The van der Waals surface area contributed by atoms with Crippen molar-refractivity contribution in [2.24, 2.45) is 0 Å². The summed E-state index contributed by atoms with van der Waals surface area (Å²) >= 11 is 0. The fourth-order valence-electron chi connectivity index (χ4n) is 1.26. The number of aliphatic hydroxyl groups is 1. The van der Waals surface area contributed by atoms with E-state index in [0.29, 0.717) is 6.42 Å². The van der Waals surface area contributed by atoms with Crippen molar-refractivity contribution in [3.63, 3.8) is 0 Å². The van der Waals surface area contributed by atoms with Crippen LogP contribution < -0.4 is 4.74 Å². The molecule has 0 aliphatic heterocycles. The molecule has 0 spiro atoms. The number of hydrogen-bond acceptors (Lipinski definition) is 2. The molecule has 0 radical (unpaired) electrons. The highest BCUT2D eigenvalue weighted by molar-refractivity contribution is 5.27. The first-order valence-corrected chi connectivity index (χ1v) is 5.20. The summed E-state index contributed by atoms with van der Waals surface area (Å²) in [5.41, 5.74) is 1.31. The van der Waals surface area contributed by atoms with E-state index in [-0.39, 0.29) is 0 Å². The van der Waals surface area contributed by atoms with Crippen LogP contribution in [-0.2, 0) is 6.42 Å². The predicted octanol–water partition coefficient (Wildman–Crippen LogP) is 2.75. The Bertz CT molecular complexity index is 254. The minimum absolute atomic E-state index is 0.608. The van der Waals surface area contributed by atoms with Gasteiger partial charge in [0.15, 0.2) is 6.29 Å². The summed E-state index contributed by atoms with van der Waals surface area (Å²) in [6, 6.07) is 7.90. The summed E-state index contributed by atoms with van der Waals surface area (Å²) in [5.74, 6) is 0.735. The molecule has 0 fully saturated rings. The third kappa shape index (κ3) is 3.38. The molecule has 1 aromatic carbocycles. The highest BCUT2D eigenvalue weighted by Crippen LogP contribution is 2.14. The van der Waals surface area contributed by atoms with Crippen LogP contribution >= 0.6 is 0 Å². The predicted molar refractivity (Wildman–Crippen MR) is 57.4 cm³/mol. The first kappa shape index (κ1) is 11.1. The van der Waals surface area contributed by atoms with Crippen LogP contribution in [-0.4, -0.2) is 11.4 Å². The van der Waals surface area contributed by atoms with Gasteiger partial charge in [-0.05, 0) is 24.1 Å². The zero-order chi connectivity index (χ0) is 10.4. The molecule has 1 aromatic rings. The molecule has 78 valence electrons. The number of aliphatic hydroxyl groups excluding tert-OH is 1. The molecule has 0 heterocycles. The number of rotatable bonds is 5. The lowest BCUT2D eigenvalue weighted by molar-refractivity contribution is -0.0191. The van der Waals surface area contributed by atoms with Gasteiger partial charge < -0.3 is 9.84 Å². The average Bonchev–Trinajstić information content (AvgIpc) is 2.21. The van der Waals surface area contributed by atoms with Gasteiger partial charge in [-0.25, -0.2) is 0 Å². The Balaban J connectivity index is 2.54. The van der Waals surface area contributed by atoms with Crippen molar-refractivity contribution in [2.75, 3.05) is 0 Å². The van der Waals surface area contributed by atoms with Gasteiger partial charge in [0.1, 0.15) is 5.75 Å². The zero-order valence-electron chi connectivity index (χ0n) is 8.86. The number of ether oxygens (including phenoxy) is 1. The lowest BCUT2D eigenvalue weighted by Crippen LogP contribution is -2.13. The fraction of sp³-hybridized carbons (Fsp3) is 0.500. The Morgan fingerprint density at radius 3 is 2.36 bits per heavy atom. The van der Waals surface area contributed by atoms with Crippen LogP contribution in [0.15, 0.2) is 24.3 Å². The van der Waals surface area contributed by atoms with Crippen molar-refractivity contribution in [3.8, 4) is 5.75 Å². The molecule has 1 N–H and O–H groups in total. The fourth-order valence-corrected chi connectivity index (χ4v) is 1.26. The Morgan fingerprint density at radius 1 is 1.21 bits per heavy atom. The summed E-state index contributed by atoms with van der Waals surface area (Å²) in [5, 5.41) is 9.26. The van der Waals surface area contributed by atoms with Gasteiger partial charge in [-0.3, -0.25) is 0 Å². The van der Waals surface area contributed by atoms with Gasteiger partial charge >= 0.3 is 0 Å². The van der Waals surface area contributed by atoms with E-state index in [1.54, 1.807) is 0 Å². The topological polar surface area (TPSA) is 29.5 Å². The molecule has 2 heteroatoms. The van der Waals surface area contributed by atoms with Gasteiger partial charge in [-0.15, -0.1) is 0 Å². The second kappa shape index (κ2) is 5.66. The smallest absolute Gasteiger partial charge is 0.197 e. The quantitative estimate of drug-likeness (QED) is 0.730. The number of benzene rings is 1. The van der Waals surface area contributed by atoms with Gasteiger partial charge in [0.25, 0.3) is 0 Å². The van der Waals surface area contributed by atoms with Crippen molar-refractivity contribution in [3.05, 3.63) is 29.8 Å². The monoisotopic (exact) mass is 194 g/mol. The molecule has 0 bridgehead atoms. The summed E-state index contributed by atoms with van der Waals surface area (Å²) < 4.78 is 5.25. The maximum absolute atomic E-state index is 9.26. The summed E-state index contributed by atoms with van der Waals surface area (Å²) in [6.45, 7) is 4.04. The van der Waals surface area contributed by atoms with E-state index in [0.717, 1.165) is 18.6 Å². The van der Waals surface area contributed by atoms with Gasteiger partial charge in [0.05, 0.1) is 0 Å². The van der Waals surface area contributed by atoms with Crippen LogP contribution in [0.4, 0.5) is 0 Å². The summed E-state index contributed by atoms with van der Waals surface area (Å²) in [4.78, 5) is 0. The molecule has 0 saturated heterocycles. The molecular weight excluding hydrogens is 176 g/mol. The largest absolute Gasteiger partial charge is 0.465 e. The van der Waals surface area contributed by atoms with Crippen molar-refractivity contribution in [1.82, 2.24) is 0 Å². The first-order valence-electron chi connectivity index (χ1n) is 5.20. The van der Waals surface area contributed by atoms with E-state index in [1.807, 2.05) is 31.2 Å². The van der Waals surface area contributed by atoms with Crippen molar-refractivity contribution in [1.29, 1.82) is 0 Å². The molecule has 2 nitrogen and oxygen atoms in total. The van der Waals surface area contributed by atoms with Crippen molar-refractivity contribution < 1.29 is 9.84 Å². The molecule has 1 unspecified atom stereocenters. The van der Waals surface area contributed by atoms with E-state index in [4.69, 9.17) is 4.74 Å². The maximum atomic E-state index is 9.26. The Hall–Kier alpha value is -1.02. The third-order valence-corrected chi connectivity index (χ3v) is 2.08. The molecular formula is C12H18O2. The second-order valence-corrected chi connectivity index (χ2v) is 3.37. The zero-order valence-corrected chi connectivity index (χ0v) is 8.86. The van der Waals surface area contributed by atoms with Gasteiger partial charge in [-0.2, -0.15) is 0 Å². The van der Waals surface area contributed by atoms with Gasteiger partial charge in [0, 0.05) is 6.42 Å². The lowest BCUT2D eigenvalue weighted by Gasteiger charge is -2.11. The van der Waals surface area contributed by atoms with Crippen LogP contribution in [0, 0.1) is 0 Å². The summed E-state index contributed by atoms with van der Waals surface area (Å²) in [6.07, 6.45) is 2.16. The summed E-state index contributed by atoms with van der Waals surface area (Å²) in [7, 11) is 0. The van der Waals surface area contributed by atoms with Crippen LogP contribution in [0.25, 0.3) is 0 Å². The molecule has 1 atom stereocenters. The lowest BCUT2D eigenvalue weighted by atomic mass is 10.1. The Morgan fingerprint density at radius 2 is 1.86 bits per heavy atom. The van der Waals surface area contributed by atoms with Crippen LogP contribution in [0.1, 0.15) is 32.3 Å². The van der Waals surface area contributed by atoms with Crippen molar-refractivity contribution in [2.45, 2.75) is 39.4 Å². The average molecular weight is 194 g/mol. The Labute approximate surface area is 85.5 Å². The van der Waals surface area contributed by atoms with Gasteiger partial charge in [0.2, 0.25) is 0 Å². The van der Waals surface area contributed by atoms with Crippen LogP contribution in [0.2, 0.25) is 0 Å². The Kier molecular flexibility index (Phi) is 4.47. The number of hydrogen-bond donors (Lipinski definition) is 1. The molecule has 14 heavy (non-hydrogen) atoms. The van der Waals surface area contributed by atoms with Crippen LogP contribution in [0.5, 0.6) is 5.75 Å². The minimum atomic E-state index is -0.688. The number of aryl methyl sites for hydroxylation is 1. The van der Waals surface area contributed by atoms with Gasteiger partial charge in [-0.1, -0.05) is 32.4 Å². The van der Waals surface area contributed by atoms with E-state index >= 15 is 0 Å². The normalized spacial score (nSPS) is 12.5. The van der Waals surface area contributed by atoms with E-state index in [9.17, 15) is 5.11 Å². The third-order valence-electron chi connectivity index (χ3n) is 2.08. The minimum Gasteiger partial charge on any atom is -0.465 e. The molecule has 0 aliphatic rings. The SMILES string of the molecule is CCCc1ccc(OC(O)CC)cc1. The molecule has 0 amide bonds. The van der Waals surface area contributed by atoms with E-state index in [1.165, 1.54) is 5.56 Å². The van der Waals surface area contributed by atoms with Crippen molar-refractivity contribution >= 4 is 0 Å². The maximum Gasteiger partial charge on any atom is 0.197 e. The molecule has 0 saturated carbocycles. The standard InChI is InChI=1S/C12H18O2/c1-3-5-10-6-8-11(9-7-10)14-12(13)4-2/h6-9,12-13H,3-5H2,1-2H3. The highest BCUT2D eigenvalue weighted by Gasteiger charge is 2.01.